The topological polar surface area (TPSA) is 20.3 Å². The number of anilines is 1. The van der Waals surface area contributed by atoms with E-state index in [1.165, 1.54) is 11.1 Å². The van der Waals surface area contributed by atoms with Gasteiger partial charge in [-0.25, -0.2) is 0 Å². The molecule has 1 aliphatic heterocycles. The second kappa shape index (κ2) is 5.15. The Kier molecular flexibility index (Phi) is 4.11. The maximum atomic E-state index is 11.5. The van der Waals surface area contributed by atoms with Gasteiger partial charge in [-0.3, -0.25) is 4.79 Å². The van der Waals surface area contributed by atoms with Crippen molar-refractivity contribution in [1.82, 2.24) is 0 Å². The van der Waals surface area contributed by atoms with Crippen molar-refractivity contribution in [3.63, 3.8) is 0 Å². The fourth-order valence-corrected chi connectivity index (χ4v) is 2.04. The number of hydrogen-bond donors (Lipinski definition) is 0. The van der Waals surface area contributed by atoms with Crippen LogP contribution in [0.3, 0.4) is 0 Å². The van der Waals surface area contributed by atoms with Crippen LogP contribution in [0.4, 0.5) is 5.69 Å². The molecule has 1 heterocycles. The number of rotatable bonds is 1. The lowest BCUT2D eigenvalue weighted by atomic mass is 9.95. The quantitative estimate of drug-likeness (QED) is 0.709. The van der Waals surface area contributed by atoms with Crippen molar-refractivity contribution in [3.8, 4) is 0 Å². The summed E-state index contributed by atoms with van der Waals surface area (Å²) in [5.74, 6) is 0.692. The Morgan fingerprint density at radius 3 is 2.44 bits per heavy atom. The predicted molar refractivity (Wildman–Crippen MR) is 69.0 cm³/mol. The molecule has 1 aromatic carbocycles. The molecule has 1 aromatic rings. The average Bonchev–Trinajstić information content (AvgIpc) is 2.58. The Morgan fingerprint density at radius 2 is 1.88 bits per heavy atom. The molecule has 0 unspecified atom stereocenters. The molecule has 88 valence electrons. The highest BCUT2D eigenvalue weighted by atomic mass is 16.2. The van der Waals surface area contributed by atoms with E-state index in [0.29, 0.717) is 12.3 Å². The van der Waals surface area contributed by atoms with Crippen LogP contribution < -0.4 is 4.90 Å². The molecule has 0 bridgehead atoms. The van der Waals surface area contributed by atoms with Gasteiger partial charge in [0.25, 0.3) is 0 Å². The van der Waals surface area contributed by atoms with Crippen molar-refractivity contribution in [3.05, 3.63) is 29.3 Å². The van der Waals surface area contributed by atoms with Gasteiger partial charge in [0.1, 0.15) is 0 Å². The zero-order valence-corrected chi connectivity index (χ0v) is 10.9. The summed E-state index contributed by atoms with van der Waals surface area (Å²) in [5, 5.41) is 0. The third kappa shape index (κ3) is 2.11. The number of carbonyl (C=O) groups excluding carboxylic acids is 1. The van der Waals surface area contributed by atoms with Crippen molar-refractivity contribution < 1.29 is 4.79 Å². The molecule has 0 saturated heterocycles. The van der Waals surface area contributed by atoms with Crippen LogP contribution in [0.25, 0.3) is 0 Å². The van der Waals surface area contributed by atoms with Crippen LogP contribution in [0.2, 0.25) is 0 Å². The molecule has 0 saturated carbocycles. The highest BCUT2D eigenvalue weighted by Gasteiger charge is 2.26. The van der Waals surface area contributed by atoms with E-state index >= 15 is 0 Å². The Labute approximate surface area is 98.3 Å². The summed E-state index contributed by atoms with van der Waals surface area (Å²) in [5.41, 5.74) is 3.61. The van der Waals surface area contributed by atoms with Crippen LogP contribution in [0.1, 0.15) is 44.7 Å². The molecule has 0 atom stereocenters. The standard InChI is InChI=1S/C12H15NO.C2H6/c1-8(2)9-5-4-6-11-10(9)7-12(14)13(11)3;1-2/h4-6,8H,7H2,1-3H3;1-2H3. The maximum Gasteiger partial charge on any atom is 0.231 e. The number of benzene rings is 1. The van der Waals surface area contributed by atoms with Crippen LogP contribution in [0.5, 0.6) is 0 Å². The summed E-state index contributed by atoms with van der Waals surface area (Å²) in [7, 11) is 1.85. The average molecular weight is 219 g/mol. The lowest BCUT2D eigenvalue weighted by molar-refractivity contribution is -0.117. The van der Waals surface area contributed by atoms with E-state index in [4.69, 9.17) is 0 Å². The summed E-state index contributed by atoms with van der Waals surface area (Å²) in [6.07, 6.45) is 0.570. The maximum absolute atomic E-state index is 11.5. The number of likely N-dealkylation sites (N-methyl/N-ethyl adjacent to an activating group) is 1. The fraction of sp³-hybridized carbons (Fsp3) is 0.500. The minimum absolute atomic E-state index is 0.202. The second-order valence-corrected chi connectivity index (χ2v) is 4.13. The summed E-state index contributed by atoms with van der Waals surface area (Å²) in [6, 6.07) is 6.17. The lowest BCUT2D eigenvalue weighted by Gasteiger charge is -2.13. The van der Waals surface area contributed by atoms with E-state index < -0.39 is 0 Å². The monoisotopic (exact) mass is 219 g/mol. The van der Waals surface area contributed by atoms with Crippen molar-refractivity contribution in [2.75, 3.05) is 11.9 Å². The van der Waals surface area contributed by atoms with Gasteiger partial charge in [-0.15, -0.1) is 0 Å². The van der Waals surface area contributed by atoms with E-state index in [0.717, 1.165) is 5.69 Å². The molecular weight excluding hydrogens is 198 g/mol. The summed E-state index contributed by atoms with van der Waals surface area (Å²) in [6.45, 7) is 8.33. The molecule has 0 spiro atoms. The van der Waals surface area contributed by atoms with Gasteiger partial charge in [-0.05, 0) is 23.1 Å². The first kappa shape index (κ1) is 12.8. The molecule has 0 radical (unpaired) electrons. The Morgan fingerprint density at radius 1 is 1.25 bits per heavy atom. The SMILES string of the molecule is CC.CC(C)c1cccc2c1CC(=O)N2C. The van der Waals surface area contributed by atoms with Gasteiger partial charge in [-0.1, -0.05) is 39.8 Å². The van der Waals surface area contributed by atoms with Gasteiger partial charge in [0.2, 0.25) is 5.91 Å². The number of carbonyl (C=O) groups is 1. The Balaban J connectivity index is 0.000000606. The van der Waals surface area contributed by atoms with E-state index in [1.54, 1.807) is 4.90 Å². The van der Waals surface area contributed by atoms with E-state index in [2.05, 4.69) is 19.9 Å². The van der Waals surface area contributed by atoms with Crippen LogP contribution in [-0.4, -0.2) is 13.0 Å². The Hall–Kier alpha value is -1.31. The first-order valence-corrected chi connectivity index (χ1v) is 5.99. The molecule has 2 heteroatoms. The second-order valence-electron chi connectivity index (χ2n) is 4.13. The first-order valence-electron chi connectivity index (χ1n) is 5.99. The molecule has 0 fully saturated rings. The molecule has 1 aliphatic rings. The largest absolute Gasteiger partial charge is 0.315 e. The van der Waals surface area contributed by atoms with Crippen molar-refractivity contribution in [2.45, 2.75) is 40.0 Å². The van der Waals surface area contributed by atoms with Crippen LogP contribution in [0, 0.1) is 0 Å². The van der Waals surface area contributed by atoms with Gasteiger partial charge in [-0.2, -0.15) is 0 Å². The van der Waals surface area contributed by atoms with Crippen LogP contribution in [0.15, 0.2) is 18.2 Å². The summed E-state index contributed by atoms with van der Waals surface area (Å²) >= 11 is 0. The molecule has 0 aliphatic carbocycles. The zero-order valence-electron chi connectivity index (χ0n) is 10.9. The Bertz CT molecular complexity index is 382. The number of amides is 1. The smallest absolute Gasteiger partial charge is 0.231 e. The number of nitrogens with zero attached hydrogens (tertiary/aromatic N) is 1. The third-order valence-electron chi connectivity index (χ3n) is 2.87. The lowest BCUT2D eigenvalue weighted by Crippen LogP contribution is -2.20. The fourth-order valence-electron chi connectivity index (χ4n) is 2.04. The summed E-state index contributed by atoms with van der Waals surface area (Å²) in [4.78, 5) is 13.3. The third-order valence-corrected chi connectivity index (χ3v) is 2.87. The molecule has 0 N–H and O–H groups in total. The molecule has 1 amide bonds. The zero-order chi connectivity index (χ0) is 12.3. The van der Waals surface area contributed by atoms with Gasteiger partial charge in [0, 0.05) is 12.7 Å². The van der Waals surface area contributed by atoms with E-state index in [9.17, 15) is 4.79 Å². The molecule has 16 heavy (non-hydrogen) atoms. The summed E-state index contributed by atoms with van der Waals surface area (Å²) < 4.78 is 0. The minimum atomic E-state index is 0.202. The van der Waals surface area contributed by atoms with Gasteiger partial charge in [0.05, 0.1) is 6.42 Å². The van der Waals surface area contributed by atoms with Gasteiger partial charge >= 0.3 is 0 Å². The number of fused-ring (bicyclic) bond motifs is 1. The molecular formula is C14H21NO. The van der Waals surface area contributed by atoms with Gasteiger partial charge < -0.3 is 4.90 Å². The van der Waals surface area contributed by atoms with E-state index in [1.807, 2.05) is 33.0 Å². The van der Waals surface area contributed by atoms with Gasteiger partial charge in [0.15, 0.2) is 0 Å². The van der Waals surface area contributed by atoms with Crippen molar-refractivity contribution >= 4 is 11.6 Å². The van der Waals surface area contributed by atoms with E-state index in [-0.39, 0.29) is 5.91 Å². The first-order chi connectivity index (χ1) is 7.61. The number of hydrogen-bond acceptors (Lipinski definition) is 1. The van der Waals surface area contributed by atoms with Crippen LogP contribution in [-0.2, 0) is 11.2 Å². The normalized spacial score (nSPS) is 13.6. The molecule has 2 nitrogen and oxygen atoms in total. The van der Waals surface area contributed by atoms with Crippen molar-refractivity contribution in [2.24, 2.45) is 0 Å². The minimum Gasteiger partial charge on any atom is -0.315 e. The predicted octanol–water partition coefficient (Wildman–Crippen LogP) is 3.36. The highest BCUT2D eigenvalue weighted by molar-refractivity contribution is 6.01. The molecule has 0 aromatic heterocycles. The highest BCUT2D eigenvalue weighted by Crippen LogP contribution is 2.33. The van der Waals surface area contributed by atoms with Crippen molar-refractivity contribution in [1.29, 1.82) is 0 Å². The molecule has 2 rings (SSSR count). The van der Waals surface area contributed by atoms with Crippen LogP contribution >= 0.6 is 0 Å².